The van der Waals surface area contributed by atoms with Crippen LogP contribution in [0.15, 0.2) is 42.5 Å². The molecule has 0 saturated heterocycles. The Labute approximate surface area is 114 Å². The largest absolute Gasteiger partial charge is 0.496 e. The molecule has 0 saturated carbocycles. The highest BCUT2D eigenvalue weighted by Crippen LogP contribution is 2.19. The minimum atomic E-state index is 0.787. The van der Waals surface area contributed by atoms with Crippen LogP contribution in [0.1, 0.15) is 16.7 Å². The third-order valence-corrected chi connectivity index (χ3v) is 3.06. The minimum absolute atomic E-state index is 0.787. The Morgan fingerprint density at radius 2 is 1.79 bits per heavy atom. The molecule has 0 atom stereocenters. The summed E-state index contributed by atoms with van der Waals surface area (Å²) in [5.74, 6) is 0.926. The summed E-state index contributed by atoms with van der Waals surface area (Å²) in [6.07, 6.45) is 0. The van der Waals surface area contributed by atoms with E-state index >= 15 is 0 Å². The number of nitrogens with two attached hydrogens (primary N) is 1. The fraction of sp³-hybridized carbons (Fsp3) is 0.250. The van der Waals surface area contributed by atoms with Gasteiger partial charge in [-0.25, -0.2) is 0 Å². The summed E-state index contributed by atoms with van der Waals surface area (Å²) in [5.41, 5.74) is 10.1. The van der Waals surface area contributed by atoms with Crippen molar-refractivity contribution < 1.29 is 4.74 Å². The fourth-order valence-corrected chi connectivity index (χ4v) is 2.02. The van der Waals surface area contributed by atoms with Crippen molar-refractivity contribution in [3.63, 3.8) is 0 Å². The van der Waals surface area contributed by atoms with E-state index in [4.69, 9.17) is 10.5 Å². The third-order valence-electron chi connectivity index (χ3n) is 3.06. The van der Waals surface area contributed by atoms with Gasteiger partial charge in [0, 0.05) is 24.3 Å². The number of ether oxygens (including phenoxy) is 1. The number of rotatable bonds is 5. The van der Waals surface area contributed by atoms with Crippen LogP contribution in [0.5, 0.6) is 5.75 Å². The lowest BCUT2D eigenvalue weighted by atomic mass is 10.1. The predicted octanol–water partition coefficient (Wildman–Crippen LogP) is 2.88. The summed E-state index contributed by atoms with van der Waals surface area (Å²) in [6, 6.07) is 14.1. The van der Waals surface area contributed by atoms with Crippen molar-refractivity contribution in [3.05, 3.63) is 59.2 Å². The molecule has 0 aliphatic rings. The number of aryl methyl sites for hydroxylation is 1. The summed E-state index contributed by atoms with van der Waals surface area (Å²) in [6.45, 7) is 3.69. The molecule has 0 aliphatic carbocycles. The number of hydrogen-bond acceptors (Lipinski definition) is 3. The van der Waals surface area contributed by atoms with E-state index in [0.29, 0.717) is 0 Å². The van der Waals surface area contributed by atoms with Gasteiger partial charge in [0.05, 0.1) is 7.11 Å². The Bertz CT molecular complexity index is 535. The van der Waals surface area contributed by atoms with Gasteiger partial charge in [0.15, 0.2) is 0 Å². The predicted molar refractivity (Wildman–Crippen MR) is 79.1 cm³/mol. The zero-order chi connectivity index (χ0) is 13.7. The molecule has 3 heteroatoms. The molecule has 3 nitrogen and oxygen atoms in total. The van der Waals surface area contributed by atoms with Gasteiger partial charge < -0.3 is 15.8 Å². The van der Waals surface area contributed by atoms with Crippen molar-refractivity contribution in [3.8, 4) is 5.75 Å². The monoisotopic (exact) mass is 256 g/mol. The maximum absolute atomic E-state index is 5.66. The van der Waals surface area contributed by atoms with Gasteiger partial charge in [-0.3, -0.25) is 0 Å². The Kier molecular flexibility index (Phi) is 4.42. The van der Waals surface area contributed by atoms with Crippen LogP contribution >= 0.6 is 0 Å². The standard InChI is InChI=1S/C16H20N2O/c1-12-3-8-16(19-2)14(9-12)11-18-10-13-4-6-15(17)7-5-13/h3-9,18H,10-11,17H2,1-2H3. The molecule has 19 heavy (non-hydrogen) atoms. The lowest BCUT2D eigenvalue weighted by Crippen LogP contribution is -2.13. The molecule has 0 spiro atoms. The topological polar surface area (TPSA) is 47.3 Å². The molecule has 3 N–H and O–H groups in total. The van der Waals surface area contributed by atoms with Crippen molar-refractivity contribution in [2.75, 3.05) is 12.8 Å². The Balaban J connectivity index is 1.95. The van der Waals surface area contributed by atoms with Crippen LogP contribution in [0.4, 0.5) is 5.69 Å². The maximum atomic E-state index is 5.66. The van der Waals surface area contributed by atoms with Crippen LogP contribution in [0.25, 0.3) is 0 Å². The average molecular weight is 256 g/mol. The summed E-state index contributed by atoms with van der Waals surface area (Å²) in [5, 5.41) is 3.42. The molecule has 0 bridgehead atoms. The lowest BCUT2D eigenvalue weighted by molar-refractivity contribution is 0.407. The second-order valence-electron chi connectivity index (χ2n) is 4.66. The number of benzene rings is 2. The van der Waals surface area contributed by atoms with Crippen LogP contribution in [-0.2, 0) is 13.1 Å². The molecule has 2 aromatic carbocycles. The van der Waals surface area contributed by atoms with Gasteiger partial charge in [0.1, 0.15) is 5.75 Å². The van der Waals surface area contributed by atoms with Gasteiger partial charge >= 0.3 is 0 Å². The molecular formula is C16H20N2O. The molecule has 2 aromatic rings. The van der Waals surface area contributed by atoms with Gasteiger partial charge in [-0.15, -0.1) is 0 Å². The van der Waals surface area contributed by atoms with Crippen LogP contribution in [0.3, 0.4) is 0 Å². The highest BCUT2D eigenvalue weighted by molar-refractivity contribution is 5.39. The van der Waals surface area contributed by atoms with Crippen LogP contribution in [0.2, 0.25) is 0 Å². The smallest absolute Gasteiger partial charge is 0.123 e. The van der Waals surface area contributed by atoms with Gasteiger partial charge in [0.25, 0.3) is 0 Å². The third kappa shape index (κ3) is 3.73. The van der Waals surface area contributed by atoms with E-state index in [1.807, 2.05) is 30.3 Å². The van der Waals surface area contributed by atoms with E-state index in [9.17, 15) is 0 Å². The van der Waals surface area contributed by atoms with Crippen LogP contribution < -0.4 is 15.8 Å². The van der Waals surface area contributed by atoms with Crippen molar-refractivity contribution in [1.82, 2.24) is 5.32 Å². The Hall–Kier alpha value is -2.00. The van der Waals surface area contributed by atoms with Crippen molar-refractivity contribution in [2.45, 2.75) is 20.0 Å². The summed E-state index contributed by atoms with van der Waals surface area (Å²) in [7, 11) is 1.70. The van der Waals surface area contributed by atoms with E-state index < -0.39 is 0 Å². The molecular weight excluding hydrogens is 236 g/mol. The van der Waals surface area contributed by atoms with E-state index in [1.165, 1.54) is 16.7 Å². The molecule has 0 aromatic heterocycles. The highest BCUT2D eigenvalue weighted by Gasteiger charge is 2.02. The maximum Gasteiger partial charge on any atom is 0.123 e. The lowest BCUT2D eigenvalue weighted by Gasteiger charge is -2.11. The second-order valence-corrected chi connectivity index (χ2v) is 4.66. The van der Waals surface area contributed by atoms with E-state index in [-0.39, 0.29) is 0 Å². The molecule has 0 heterocycles. The molecule has 0 aliphatic heterocycles. The van der Waals surface area contributed by atoms with Crippen LogP contribution in [0, 0.1) is 6.92 Å². The van der Waals surface area contributed by atoms with E-state index in [2.05, 4.69) is 24.4 Å². The quantitative estimate of drug-likeness (QED) is 0.809. The van der Waals surface area contributed by atoms with Crippen molar-refractivity contribution >= 4 is 5.69 Å². The molecule has 0 unspecified atom stereocenters. The zero-order valence-corrected chi connectivity index (χ0v) is 11.4. The van der Waals surface area contributed by atoms with Crippen molar-refractivity contribution in [1.29, 1.82) is 0 Å². The van der Waals surface area contributed by atoms with E-state index in [0.717, 1.165) is 24.5 Å². The van der Waals surface area contributed by atoms with E-state index in [1.54, 1.807) is 7.11 Å². The Morgan fingerprint density at radius 3 is 2.47 bits per heavy atom. The number of anilines is 1. The Morgan fingerprint density at radius 1 is 1.05 bits per heavy atom. The zero-order valence-electron chi connectivity index (χ0n) is 11.4. The average Bonchev–Trinajstić information content (AvgIpc) is 2.41. The first kappa shape index (κ1) is 13.4. The van der Waals surface area contributed by atoms with Crippen molar-refractivity contribution in [2.24, 2.45) is 0 Å². The molecule has 0 amide bonds. The first-order chi connectivity index (χ1) is 9.19. The summed E-state index contributed by atoms with van der Waals surface area (Å²) < 4.78 is 5.36. The number of hydrogen-bond donors (Lipinski definition) is 2. The summed E-state index contributed by atoms with van der Waals surface area (Å²) >= 11 is 0. The number of methoxy groups -OCH3 is 1. The number of nitrogens with one attached hydrogen (secondary N) is 1. The SMILES string of the molecule is COc1ccc(C)cc1CNCc1ccc(N)cc1. The minimum Gasteiger partial charge on any atom is -0.496 e. The van der Waals surface area contributed by atoms with Gasteiger partial charge in [-0.05, 0) is 30.7 Å². The molecule has 100 valence electrons. The second kappa shape index (κ2) is 6.25. The first-order valence-corrected chi connectivity index (χ1v) is 6.37. The van der Waals surface area contributed by atoms with Gasteiger partial charge in [-0.1, -0.05) is 29.8 Å². The normalized spacial score (nSPS) is 10.4. The fourth-order valence-electron chi connectivity index (χ4n) is 2.02. The number of nitrogen functional groups attached to an aromatic ring is 1. The van der Waals surface area contributed by atoms with Gasteiger partial charge in [-0.2, -0.15) is 0 Å². The van der Waals surface area contributed by atoms with Crippen LogP contribution in [-0.4, -0.2) is 7.11 Å². The summed E-state index contributed by atoms with van der Waals surface area (Å²) in [4.78, 5) is 0. The highest BCUT2D eigenvalue weighted by atomic mass is 16.5. The molecule has 2 rings (SSSR count). The van der Waals surface area contributed by atoms with Gasteiger partial charge in [0.2, 0.25) is 0 Å². The molecule has 0 fully saturated rings. The first-order valence-electron chi connectivity index (χ1n) is 6.37. The molecule has 0 radical (unpaired) electrons.